The van der Waals surface area contributed by atoms with Crippen molar-refractivity contribution in [1.82, 2.24) is 4.90 Å². The van der Waals surface area contributed by atoms with Crippen LogP contribution in [0.2, 0.25) is 5.02 Å². The summed E-state index contributed by atoms with van der Waals surface area (Å²) in [4.78, 5) is 15.2. The van der Waals surface area contributed by atoms with E-state index in [1.165, 1.54) is 12.1 Å². The summed E-state index contributed by atoms with van der Waals surface area (Å²) in [7, 11) is -4.02. The predicted octanol–water partition coefficient (Wildman–Crippen LogP) is 6.29. The molecule has 0 saturated carbocycles. The van der Waals surface area contributed by atoms with Crippen LogP contribution >= 0.6 is 11.6 Å². The Hall–Kier alpha value is -3.61. The number of carbonyl (C=O) groups excluding carboxylic acids is 1. The molecule has 0 saturated heterocycles. The van der Waals surface area contributed by atoms with Crippen molar-refractivity contribution >= 4 is 33.2 Å². The van der Waals surface area contributed by atoms with Gasteiger partial charge in [-0.1, -0.05) is 90.5 Å². The van der Waals surface area contributed by atoms with Gasteiger partial charge in [0.25, 0.3) is 15.9 Å². The molecule has 0 radical (unpaired) electrons. The number of rotatable bonds is 8. The Morgan fingerprint density at radius 3 is 1.91 bits per heavy atom. The third kappa shape index (κ3) is 6.10. The average molecular weight is 505 g/mol. The van der Waals surface area contributed by atoms with Gasteiger partial charge in [-0.25, -0.2) is 8.42 Å². The molecular formula is C28H25ClN2O3S. The summed E-state index contributed by atoms with van der Waals surface area (Å²) in [6, 6.07) is 30.8. The number of amides is 1. The molecule has 1 amide bonds. The third-order valence-electron chi connectivity index (χ3n) is 5.58. The number of nitrogens with one attached hydrogen (secondary N) is 1. The number of halogens is 1. The molecule has 0 aromatic heterocycles. The lowest BCUT2D eigenvalue weighted by Gasteiger charge is -2.24. The maximum atomic E-state index is 13.6. The first-order valence-corrected chi connectivity index (χ1v) is 12.9. The highest BCUT2D eigenvalue weighted by atomic mass is 35.5. The van der Waals surface area contributed by atoms with Crippen LogP contribution in [0.15, 0.2) is 108 Å². The van der Waals surface area contributed by atoms with Gasteiger partial charge >= 0.3 is 0 Å². The maximum absolute atomic E-state index is 13.6. The number of hydrogen-bond donors (Lipinski definition) is 1. The molecule has 4 aromatic rings. The minimum Gasteiger partial charge on any atom is -0.330 e. The molecule has 0 bridgehead atoms. The zero-order valence-electron chi connectivity index (χ0n) is 19.2. The number of hydrogen-bond acceptors (Lipinski definition) is 3. The van der Waals surface area contributed by atoms with Crippen molar-refractivity contribution in [3.05, 3.63) is 130 Å². The number of nitrogens with zero attached hydrogens (tertiary/aromatic N) is 1. The zero-order chi connectivity index (χ0) is 24.8. The normalized spacial score (nSPS) is 11.1. The van der Waals surface area contributed by atoms with Crippen molar-refractivity contribution in [3.8, 4) is 0 Å². The average Bonchev–Trinajstić information content (AvgIpc) is 2.86. The fourth-order valence-corrected chi connectivity index (χ4v) is 5.38. The van der Waals surface area contributed by atoms with Crippen LogP contribution in [0.25, 0.3) is 0 Å². The monoisotopic (exact) mass is 504 g/mol. The van der Waals surface area contributed by atoms with E-state index in [9.17, 15) is 13.2 Å². The molecule has 4 rings (SSSR count). The Kier molecular flexibility index (Phi) is 7.54. The lowest BCUT2D eigenvalue weighted by Crippen LogP contribution is -2.30. The summed E-state index contributed by atoms with van der Waals surface area (Å²) in [6.07, 6.45) is 0. The number of carbonyl (C=O) groups is 1. The van der Waals surface area contributed by atoms with Crippen molar-refractivity contribution < 1.29 is 13.2 Å². The molecular weight excluding hydrogens is 480 g/mol. The SMILES string of the molecule is Cc1ccccc1NS(=O)(=O)c1cc(C(=O)N(Cc2ccccc2)Cc2ccccc2)ccc1Cl. The van der Waals surface area contributed by atoms with Crippen LogP contribution in [-0.4, -0.2) is 19.2 Å². The van der Waals surface area contributed by atoms with E-state index in [4.69, 9.17) is 11.6 Å². The Labute approximate surface area is 211 Å². The lowest BCUT2D eigenvalue weighted by atomic mass is 10.1. The van der Waals surface area contributed by atoms with Crippen LogP contribution in [0.4, 0.5) is 5.69 Å². The van der Waals surface area contributed by atoms with Crippen LogP contribution < -0.4 is 4.72 Å². The van der Waals surface area contributed by atoms with Gasteiger partial charge in [-0.2, -0.15) is 0 Å². The second kappa shape index (κ2) is 10.8. The van der Waals surface area contributed by atoms with Crippen molar-refractivity contribution in [3.63, 3.8) is 0 Å². The third-order valence-corrected chi connectivity index (χ3v) is 7.42. The number of para-hydroxylation sites is 1. The molecule has 0 fully saturated rings. The Morgan fingerprint density at radius 2 is 1.34 bits per heavy atom. The molecule has 0 aliphatic heterocycles. The highest BCUT2D eigenvalue weighted by Crippen LogP contribution is 2.27. The van der Waals surface area contributed by atoms with E-state index in [1.807, 2.05) is 79.7 Å². The predicted molar refractivity (Wildman–Crippen MR) is 140 cm³/mol. The lowest BCUT2D eigenvalue weighted by molar-refractivity contribution is 0.0730. The molecule has 0 atom stereocenters. The molecule has 35 heavy (non-hydrogen) atoms. The molecule has 0 spiro atoms. The van der Waals surface area contributed by atoms with Crippen LogP contribution in [0.1, 0.15) is 27.0 Å². The summed E-state index contributed by atoms with van der Waals surface area (Å²) >= 11 is 6.29. The summed E-state index contributed by atoms with van der Waals surface area (Å²) in [6.45, 7) is 2.56. The molecule has 0 heterocycles. The Balaban J connectivity index is 1.67. The molecule has 178 valence electrons. The van der Waals surface area contributed by atoms with Gasteiger partial charge in [-0.3, -0.25) is 9.52 Å². The van der Waals surface area contributed by atoms with E-state index in [-0.39, 0.29) is 21.4 Å². The van der Waals surface area contributed by atoms with E-state index in [0.717, 1.165) is 16.7 Å². The number of aryl methyl sites for hydroxylation is 1. The van der Waals surface area contributed by atoms with Gasteiger partial charge in [0.1, 0.15) is 4.90 Å². The number of sulfonamides is 1. The minimum atomic E-state index is -4.02. The molecule has 0 unspecified atom stereocenters. The van der Waals surface area contributed by atoms with Crippen molar-refractivity contribution in [2.75, 3.05) is 4.72 Å². The van der Waals surface area contributed by atoms with Crippen molar-refractivity contribution in [2.45, 2.75) is 24.9 Å². The van der Waals surface area contributed by atoms with Gasteiger partial charge in [0.2, 0.25) is 0 Å². The van der Waals surface area contributed by atoms with E-state index in [1.54, 1.807) is 23.1 Å². The number of anilines is 1. The quantitative estimate of drug-likeness (QED) is 0.306. The van der Waals surface area contributed by atoms with E-state index in [0.29, 0.717) is 18.8 Å². The first kappa shape index (κ1) is 24.5. The molecule has 0 aliphatic carbocycles. The van der Waals surface area contributed by atoms with E-state index in [2.05, 4.69) is 4.72 Å². The minimum absolute atomic E-state index is 0.0419. The van der Waals surface area contributed by atoms with Crippen LogP contribution in [0.3, 0.4) is 0 Å². The fraction of sp³-hybridized carbons (Fsp3) is 0.107. The second-order valence-corrected chi connectivity index (χ2v) is 10.3. The Bertz CT molecular complexity index is 1380. The summed E-state index contributed by atoms with van der Waals surface area (Å²) in [5, 5.41) is 0.0419. The highest BCUT2D eigenvalue weighted by molar-refractivity contribution is 7.92. The van der Waals surface area contributed by atoms with Gasteiger partial charge in [0.15, 0.2) is 0 Å². The molecule has 0 aliphatic rings. The topological polar surface area (TPSA) is 66.5 Å². The first-order valence-electron chi connectivity index (χ1n) is 11.1. The first-order chi connectivity index (χ1) is 16.8. The largest absolute Gasteiger partial charge is 0.330 e. The van der Waals surface area contributed by atoms with Crippen LogP contribution in [0, 0.1) is 6.92 Å². The van der Waals surface area contributed by atoms with Gasteiger partial charge < -0.3 is 4.90 Å². The summed E-state index contributed by atoms with van der Waals surface area (Å²) in [5.74, 6) is -0.290. The maximum Gasteiger partial charge on any atom is 0.263 e. The summed E-state index contributed by atoms with van der Waals surface area (Å²) in [5.41, 5.74) is 3.41. The van der Waals surface area contributed by atoms with E-state index >= 15 is 0 Å². The molecule has 5 nitrogen and oxygen atoms in total. The van der Waals surface area contributed by atoms with Crippen molar-refractivity contribution in [1.29, 1.82) is 0 Å². The molecule has 4 aromatic carbocycles. The van der Waals surface area contributed by atoms with Gasteiger partial charge in [0.05, 0.1) is 10.7 Å². The standard InChI is InChI=1S/C28H25ClN2O3S/c1-21-10-8-9-15-26(21)30-35(33,34)27-18-24(16-17-25(27)29)28(32)31(19-22-11-4-2-5-12-22)20-23-13-6-3-7-14-23/h2-18,30H,19-20H2,1H3. The highest BCUT2D eigenvalue weighted by Gasteiger charge is 2.23. The van der Waals surface area contributed by atoms with Gasteiger partial charge in [-0.15, -0.1) is 0 Å². The Morgan fingerprint density at radius 1 is 0.800 bits per heavy atom. The zero-order valence-corrected chi connectivity index (χ0v) is 20.8. The van der Waals surface area contributed by atoms with E-state index < -0.39 is 10.0 Å². The fourth-order valence-electron chi connectivity index (χ4n) is 3.72. The van der Waals surface area contributed by atoms with Crippen molar-refractivity contribution in [2.24, 2.45) is 0 Å². The second-order valence-electron chi connectivity index (χ2n) is 8.20. The van der Waals surface area contributed by atoms with Crippen LogP contribution in [-0.2, 0) is 23.1 Å². The smallest absolute Gasteiger partial charge is 0.263 e. The number of benzene rings is 4. The van der Waals surface area contributed by atoms with Gasteiger partial charge in [0, 0.05) is 18.7 Å². The summed E-state index contributed by atoms with van der Waals surface area (Å²) < 4.78 is 28.9. The molecule has 1 N–H and O–H groups in total. The molecule has 7 heteroatoms. The van der Waals surface area contributed by atoms with Crippen LogP contribution in [0.5, 0.6) is 0 Å². The van der Waals surface area contributed by atoms with Gasteiger partial charge in [-0.05, 0) is 47.9 Å².